The van der Waals surface area contributed by atoms with E-state index in [0.717, 1.165) is 32.2 Å². The Morgan fingerprint density at radius 3 is 1.96 bits per heavy atom. The van der Waals surface area contributed by atoms with Gasteiger partial charge in [0.1, 0.15) is 91.6 Å². The third-order valence-electron chi connectivity index (χ3n) is 19.8. The van der Waals surface area contributed by atoms with Crippen LogP contribution in [0.3, 0.4) is 0 Å². The first kappa shape index (κ1) is 54.2. The standard InChI is InChI=1S/C50H81NO21/c1-19-11-27(55)33-20(2)32-26(51(33)14-19)13-25-23-6-5-21-12-22(7-9-49(21,3)24(23)8-10-50(25,32)4)66-46-41(64)38(61)42(31(17-54)69-46)70-48-44(72-47-40(63)37(60)35(58)29(15-52)67-47)43(36(59)30(16-53)68-48)71-45-39(62)34(57)28(56)18-65-45/h5,19-20,22-48,52-64H,6-18H2,1-4H3/t19-,20-,22-,23+,24-,25-,26-,27+,28+,29-,30+,31-,32-,33-,34-,35+,36-,37+,38-,39+,40-,41-,42-,43-,44+,45-,46-,47-,48+,49-,50+/m0/s1. The van der Waals surface area contributed by atoms with Crippen LogP contribution >= 0.6 is 0 Å². The van der Waals surface area contributed by atoms with Gasteiger partial charge in [-0.25, -0.2) is 0 Å². The van der Waals surface area contributed by atoms with E-state index < -0.39 is 149 Å². The molecule has 0 unspecified atom stereocenters. The molecule has 0 radical (unpaired) electrons. The average Bonchev–Trinajstić information content (AvgIpc) is 3.83. The molecule has 4 aliphatic carbocycles. The second-order valence-corrected chi connectivity index (χ2v) is 23.8. The zero-order valence-electron chi connectivity index (χ0n) is 41.5. The van der Waals surface area contributed by atoms with Crippen LogP contribution in [0.1, 0.15) is 79.1 Å². The van der Waals surface area contributed by atoms with Crippen LogP contribution in [0.5, 0.6) is 0 Å². The molecular formula is C50H81NO21. The second-order valence-electron chi connectivity index (χ2n) is 23.8. The highest BCUT2D eigenvalue weighted by Gasteiger charge is 2.68. The normalized spacial score (nSPS) is 56.8. The van der Waals surface area contributed by atoms with Gasteiger partial charge in [0.05, 0.1) is 38.6 Å². The van der Waals surface area contributed by atoms with Gasteiger partial charge < -0.3 is 104 Å². The minimum Gasteiger partial charge on any atom is -0.394 e. The van der Waals surface area contributed by atoms with Crippen LogP contribution < -0.4 is 0 Å². The number of fused-ring (bicyclic) bond motifs is 9. The number of piperidine rings is 1. The van der Waals surface area contributed by atoms with Crippen LogP contribution in [0.2, 0.25) is 0 Å². The summed E-state index contributed by atoms with van der Waals surface area (Å²) in [6.45, 7) is 7.68. The monoisotopic (exact) mass is 1030 g/mol. The van der Waals surface area contributed by atoms with E-state index in [-0.39, 0.29) is 23.0 Å². The van der Waals surface area contributed by atoms with Crippen molar-refractivity contribution >= 4 is 0 Å². The first-order valence-corrected chi connectivity index (χ1v) is 26.5. The van der Waals surface area contributed by atoms with Crippen LogP contribution in [0, 0.1) is 46.3 Å². The van der Waals surface area contributed by atoms with Gasteiger partial charge in [0.25, 0.3) is 0 Å². The Morgan fingerprint density at radius 2 is 1.24 bits per heavy atom. The molecule has 13 N–H and O–H groups in total. The third kappa shape index (κ3) is 9.08. The molecular weight excluding hydrogens is 951 g/mol. The molecule has 31 atom stereocenters. The fourth-order valence-corrected chi connectivity index (χ4v) is 16.2. The average molecular weight is 1030 g/mol. The molecule has 6 saturated heterocycles. The molecule has 0 amide bonds. The summed E-state index contributed by atoms with van der Waals surface area (Å²) >= 11 is 0. The topological polar surface area (TPSA) is 340 Å². The maximum atomic E-state index is 11.8. The summed E-state index contributed by atoms with van der Waals surface area (Å²) in [5.74, 6) is 3.17. The molecule has 9 fully saturated rings. The first-order valence-electron chi connectivity index (χ1n) is 26.5. The van der Waals surface area contributed by atoms with Crippen molar-refractivity contribution in [2.75, 3.05) is 33.0 Å². The summed E-state index contributed by atoms with van der Waals surface area (Å²) in [6, 6.07) is 0.753. The molecule has 10 aliphatic rings. The van der Waals surface area contributed by atoms with E-state index in [0.29, 0.717) is 54.4 Å². The summed E-state index contributed by atoms with van der Waals surface area (Å²) in [7, 11) is 0. The smallest absolute Gasteiger partial charge is 0.187 e. The molecule has 6 heterocycles. The minimum absolute atomic E-state index is 0.0397. The number of rotatable bonds is 11. The van der Waals surface area contributed by atoms with Gasteiger partial charge in [-0.05, 0) is 97.7 Å². The molecule has 412 valence electrons. The molecule has 72 heavy (non-hydrogen) atoms. The van der Waals surface area contributed by atoms with E-state index >= 15 is 0 Å². The minimum atomic E-state index is -2.00. The molecule has 22 heteroatoms. The highest BCUT2D eigenvalue weighted by Crippen LogP contribution is 2.70. The number of allylic oxidation sites excluding steroid dienone is 1. The lowest BCUT2D eigenvalue weighted by molar-refractivity contribution is -0.403. The lowest BCUT2D eigenvalue weighted by Crippen LogP contribution is -2.68. The number of aliphatic hydroxyl groups is 13. The third-order valence-corrected chi connectivity index (χ3v) is 19.8. The highest BCUT2D eigenvalue weighted by molar-refractivity contribution is 5.27. The lowest BCUT2D eigenvalue weighted by Gasteiger charge is -2.58. The van der Waals surface area contributed by atoms with E-state index in [1.165, 1.54) is 18.4 Å². The van der Waals surface area contributed by atoms with Crippen LogP contribution in [0.4, 0.5) is 0 Å². The first-order chi connectivity index (χ1) is 34.2. The summed E-state index contributed by atoms with van der Waals surface area (Å²) in [4.78, 5) is 2.70. The number of hydrogen-bond acceptors (Lipinski definition) is 22. The zero-order valence-corrected chi connectivity index (χ0v) is 41.5. The van der Waals surface area contributed by atoms with Crippen molar-refractivity contribution in [3.63, 3.8) is 0 Å². The van der Waals surface area contributed by atoms with E-state index in [1.54, 1.807) is 0 Å². The van der Waals surface area contributed by atoms with Gasteiger partial charge in [-0.2, -0.15) is 0 Å². The SMILES string of the molecule is C[C@H]1C[C@@H](O)[C@@H]2[C@@H](C)[C@H]3[C@H](C[C@H]4[C@@H]5CC=C6C[C@@H](O[C@H]7O[C@@H](CO)[C@H](O[C@H]8O[C@H](CO)[C@H](O)[C@H](O[C@@H]9OC[C@@H](O)[C@H](O)[C@H]9O)[C@H]8O[C@@H]8O[C@@H](CO)[C@@H](O)[C@@H](O)[C@@H]8O)[C@@H](O)[C@@H]7O)CC[C@]6(C)[C@H]5CC[C@@]34C)N2C1. The molecule has 0 aromatic heterocycles. The maximum absolute atomic E-state index is 11.8. The van der Waals surface area contributed by atoms with Crippen molar-refractivity contribution in [3.05, 3.63) is 11.6 Å². The molecule has 6 aliphatic heterocycles. The Balaban J connectivity index is 0.833. The highest BCUT2D eigenvalue weighted by atomic mass is 16.8. The summed E-state index contributed by atoms with van der Waals surface area (Å²) in [5.41, 5.74) is 1.50. The molecule has 0 bridgehead atoms. The van der Waals surface area contributed by atoms with Gasteiger partial charge >= 0.3 is 0 Å². The largest absolute Gasteiger partial charge is 0.394 e. The van der Waals surface area contributed by atoms with Crippen molar-refractivity contribution in [3.8, 4) is 0 Å². The van der Waals surface area contributed by atoms with Crippen molar-refractivity contribution in [1.29, 1.82) is 0 Å². The summed E-state index contributed by atoms with van der Waals surface area (Å²) in [6.07, 6.45) is -23.8. The molecule has 0 spiro atoms. The van der Waals surface area contributed by atoms with Crippen molar-refractivity contribution in [1.82, 2.24) is 4.90 Å². The van der Waals surface area contributed by atoms with Gasteiger partial charge in [0, 0.05) is 18.6 Å². The predicted octanol–water partition coefficient (Wildman–Crippen LogP) is -3.44. The molecule has 3 saturated carbocycles. The fraction of sp³-hybridized carbons (Fsp3) is 0.960. The maximum Gasteiger partial charge on any atom is 0.187 e. The van der Waals surface area contributed by atoms with E-state index in [9.17, 15) is 66.4 Å². The molecule has 0 aromatic rings. The van der Waals surface area contributed by atoms with Gasteiger partial charge in [-0.1, -0.05) is 39.3 Å². The van der Waals surface area contributed by atoms with Crippen molar-refractivity contribution in [2.45, 2.75) is 220 Å². The number of aliphatic hydroxyl groups excluding tert-OH is 13. The van der Waals surface area contributed by atoms with Gasteiger partial charge in [-0.3, -0.25) is 4.90 Å². The Morgan fingerprint density at radius 1 is 0.611 bits per heavy atom. The van der Waals surface area contributed by atoms with Crippen LogP contribution in [0.25, 0.3) is 0 Å². The quantitative estimate of drug-likeness (QED) is 0.0896. The zero-order chi connectivity index (χ0) is 51.5. The van der Waals surface area contributed by atoms with Crippen LogP contribution in [0.15, 0.2) is 11.6 Å². The Hall–Kier alpha value is -1.14. The summed E-state index contributed by atoms with van der Waals surface area (Å²) < 4.78 is 47.8. The van der Waals surface area contributed by atoms with Gasteiger partial charge in [0.15, 0.2) is 25.2 Å². The Bertz CT molecular complexity index is 1900. The van der Waals surface area contributed by atoms with E-state index in [4.69, 9.17) is 37.9 Å². The van der Waals surface area contributed by atoms with Crippen molar-refractivity contribution in [2.24, 2.45) is 46.3 Å². The number of nitrogens with zero attached hydrogens (tertiary/aromatic N) is 1. The number of hydrogen-bond donors (Lipinski definition) is 13. The number of ether oxygens (including phenoxy) is 8. The second kappa shape index (κ2) is 20.9. The van der Waals surface area contributed by atoms with Crippen molar-refractivity contribution < 1.29 is 104 Å². The van der Waals surface area contributed by atoms with E-state index in [1.807, 2.05) is 0 Å². The Labute approximate surface area is 419 Å². The predicted molar refractivity (Wildman–Crippen MR) is 244 cm³/mol. The Kier molecular flexibility index (Phi) is 15.7. The van der Waals surface area contributed by atoms with Crippen LogP contribution in [-0.2, 0) is 37.9 Å². The summed E-state index contributed by atoms with van der Waals surface area (Å²) in [5, 5.41) is 140. The fourth-order valence-electron chi connectivity index (χ4n) is 16.2. The van der Waals surface area contributed by atoms with E-state index in [2.05, 4.69) is 38.7 Å². The molecule has 0 aromatic carbocycles. The van der Waals surface area contributed by atoms with Gasteiger partial charge in [0.2, 0.25) is 0 Å². The molecule has 22 nitrogen and oxygen atoms in total. The van der Waals surface area contributed by atoms with Crippen LogP contribution in [-0.4, -0.2) is 245 Å². The molecule has 10 rings (SSSR count). The lowest BCUT2D eigenvalue weighted by atomic mass is 9.47. The van der Waals surface area contributed by atoms with Gasteiger partial charge in [-0.15, -0.1) is 0 Å².